The summed E-state index contributed by atoms with van der Waals surface area (Å²) in [5, 5.41) is 15.7. The Morgan fingerprint density at radius 1 is 1.31 bits per heavy atom. The predicted octanol–water partition coefficient (Wildman–Crippen LogP) is 1.91. The van der Waals surface area contributed by atoms with Crippen LogP contribution in [0.15, 0.2) is 12.7 Å². The molecule has 0 saturated carbocycles. The first kappa shape index (κ1) is 14.2. The Balaban J connectivity index is 0. The van der Waals surface area contributed by atoms with Crippen LogP contribution in [-0.2, 0) is 9.59 Å². The monoisotopic (exact) mass is 188 g/mol. The molecule has 0 radical (unpaired) electrons. The highest BCUT2D eigenvalue weighted by Crippen LogP contribution is 1.97. The van der Waals surface area contributed by atoms with Crippen molar-refractivity contribution in [1.82, 2.24) is 0 Å². The zero-order valence-electron chi connectivity index (χ0n) is 7.82. The maximum Gasteiger partial charge on any atom is 0.327 e. The molecule has 0 aromatic carbocycles. The van der Waals surface area contributed by atoms with Crippen molar-refractivity contribution < 1.29 is 19.8 Å². The Labute approximate surface area is 77.9 Å². The summed E-state index contributed by atoms with van der Waals surface area (Å²) in [6.45, 7) is 5.02. The quantitative estimate of drug-likeness (QED) is 0.510. The topological polar surface area (TPSA) is 74.6 Å². The summed E-state index contributed by atoms with van der Waals surface area (Å²) in [5.74, 6) is -1.66. The van der Waals surface area contributed by atoms with Gasteiger partial charge in [0.15, 0.2) is 0 Å². The lowest BCUT2D eigenvalue weighted by atomic mass is 10.2. The summed E-state index contributed by atoms with van der Waals surface area (Å²) in [5.41, 5.74) is 0. The summed E-state index contributed by atoms with van der Waals surface area (Å²) in [7, 11) is 0. The average molecular weight is 188 g/mol. The van der Waals surface area contributed by atoms with E-state index in [9.17, 15) is 9.59 Å². The molecule has 0 unspecified atom stereocenters. The van der Waals surface area contributed by atoms with Gasteiger partial charge in [-0.25, -0.2) is 4.79 Å². The molecule has 13 heavy (non-hydrogen) atoms. The average Bonchev–Trinajstić information content (AvgIpc) is 2.05. The Hall–Kier alpha value is -1.32. The van der Waals surface area contributed by atoms with Gasteiger partial charge < -0.3 is 10.2 Å². The highest BCUT2D eigenvalue weighted by molar-refractivity contribution is 5.78. The van der Waals surface area contributed by atoms with Gasteiger partial charge in [-0.05, 0) is 6.42 Å². The van der Waals surface area contributed by atoms with E-state index in [1.54, 1.807) is 0 Å². The van der Waals surface area contributed by atoms with Crippen LogP contribution < -0.4 is 0 Å². The van der Waals surface area contributed by atoms with Gasteiger partial charge in [-0.3, -0.25) is 4.79 Å². The van der Waals surface area contributed by atoms with Gasteiger partial charge in [0.05, 0.1) is 0 Å². The molecule has 0 atom stereocenters. The normalized spacial score (nSPS) is 8.08. The standard InChI is InChI=1S/C6H12O2.C3H4O2/c1-2-3-4-5-6(7)8;1-2-3(4)5/h2-5H2,1H3,(H,7,8);2H,1H2,(H,4,5). The molecular formula is C9H16O4. The first-order chi connectivity index (χ1) is 6.04. The summed E-state index contributed by atoms with van der Waals surface area (Å²) in [6, 6.07) is 0. The van der Waals surface area contributed by atoms with E-state index in [1.165, 1.54) is 0 Å². The molecular weight excluding hydrogens is 172 g/mol. The van der Waals surface area contributed by atoms with E-state index in [-0.39, 0.29) is 0 Å². The van der Waals surface area contributed by atoms with E-state index in [2.05, 4.69) is 13.5 Å². The van der Waals surface area contributed by atoms with Gasteiger partial charge in [0.2, 0.25) is 0 Å². The molecule has 76 valence electrons. The molecule has 0 amide bonds. The van der Waals surface area contributed by atoms with Crippen LogP contribution in [0.1, 0.15) is 32.6 Å². The third-order valence-corrected chi connectivity index (χ3v) is 1.17. The van der Waals surface area contributed by atoms with Crippen molar-refractivity contribution in [2.24, 2.45) is 0 Å². The van der Waals surface area contributed by atoms with Gasteiger partial charge >= 0.3 is 11.9 Å². The number of aliphatic carboxylic acids is 2. The summed E-state index contributed by atoms with van der Waals surface area (Å²) in [4.78, 5) is 19.1. The molecule has 0 aliphatic carbocycles. The number of carbonyl (C=O) groups is 2. The Morgan fingerprint density at radius 2 is 1.77 bits per heavy atom. The largest absolute Gasteiger partial charge is 0.481 e. The lowest BCUT2D eigenvalue weighted by Gasteiger charge is -1.89. The summed E-state index contributed by atoms with van der Waals surface area (Å²) in [6.07, 6.45) is 4.11. The van der Waals surface area contributed by atoms with Crippen LogP contribution in [0, 0.1) is 0 Å². The minimum Gasteiger partial charge on any atom is -0.481 e. The minimum absolute atomic E-state index is 0.327. The van der Waals surface area contributed by atoms with Crippen LogP contribution in [0.3, 0.4) is 0 Å². The fourth-order valence-corrected chi connectivity index (χ4v) is 0.526. The second kappa shape index (κ2) is 10.7. The lowest BCUT2D eigenvalue weighted by Crippen LogP contribution is -1.92. The molecule has 0 heterocycles. The maximum atomic E-state index is 9.87. The first-order valence-corrected chi connectivity index (χ1v) is 4.11. The van der Waals surface area contributed by atoms with Crippen molar-refractivity contribution in [3.05, 3.63) is 12.7 Å². The molecule has 2 N–H and O–H groups in total. The van der Waals surface area contributed by atoms with Crippen molar-refractivity contribution in [1.29, 1.82) is 0 Å². The van der Waals surface area contributed by atoms with Crippen molar-refractivity contribution in [2.45, 2.75) is 32.6 Å². The second-order valence-electron chi connectivity index (χ2n) is 2.39. The molecule has 0 aliphatic heterocycles. The maximum absolute atomic E-state index is 9.87. The Kier molecular flexibility index (Phi) is 11.7. The second-order valence-corrected chi connectivity index (χ2v) is 2.39. The molecule has 0 aromatic rings. The Bertz CT molecular complexity index is 163. The van der Waals surface area contributed by atoms with Crippen LogP contribution in [0.2, 0.25) is 0 Å². The van der Waals surface area contributed by atoms with Crippen LogP contribution in [0.4, 0.5) is 0 Å². The zero-order valence-corrected chi connectivity index (χ0v) is 7.82. The van der Waals surface area contributed by atoms with Crippen LogP contribution >= 0.6 is 0 Å². The minimum atomic E-state index is -0.981. The zero-order chi connectivity index (χ0) is 10.7. The van der Waals surface area contributed by atoms with E-state index in [0.29, 0.717) is 6.42 Å². The number of carboxylic acid groups (broad SMARTS) is 2. The highest BCUT2D eigenvalue weighted by atomic mass is 16.4. The molecule has 0 rings (SSSR count). The van der Waals surface area contributed by atoms with Gasteiger partial charge in [-0.2, -0.15) is 0 Å². The van der Waals surface area contributed by atoms with Crippen LogP contribution in [0.5, 0.6) is 0 Å². The van der Waals surface area contributed by atoms with Crippen LogP contribution in [0.25, 0.3) is 0 Å². The summed E-state index contributed by atoms with van der Waals surface area (Å²) < 4.78 is 0. The smallest absolute Gasteiger partial charge is 0.327 e. The van der Waals surface area contributed by atoms with E-state index in [1.807, 2.05) is 0 Å². The molecule has 4 nitrogen and oxygen atoms in total. The number of rotatable bonds is 5. The third-order valence-electron chi connectivity index (χ3n) is 1.17. The third kappa shape index (κ3) is 24.9. The van der Waals surface area contributed by atoms with Gasteiger partial charge in [0, 0.05) is 12.5 Å². The Morgan fingerprint density at radius 3 is 2.00 bits per heavy atom. The van der Waals surface area contributed by atoms with Gasteiger partial charge in [0.25, 0.3) is 0 Å². The number of carboxylic acids is 2. The number of hydrogen-bond acceptors (Lipinski definition) is 2. The molecule has 0 fully saturated rings. The molecule has 0 aromatic heterocycles. The lowest BCUT2D eigenvalue weighted by molar-refractivity contribution is -0.137. The predicted molar refractivity (Wildman–Crippen MR) is 49.6 cm³/mol. The summed E-state index contributed by atoms with van der Waals surface area (Å²) >= 11 is 0. The van der Waals surface area contributed by atoms with Gasteiger partial charge in [-0.1, -0.05) is 26.3 Å². The molecule has 4 heteroatoms. The van der Waals surface area contributed by atoms with E-state index >= 15 is 0 Å². The number of hydrogen-bond donors (Lipinski definition) is 2. The fraction of sp³-hybridized carbons (Fsp3) is 0.556. The molecule has 0 bridgehead atoms. The van der Waals surface area contributed by atoms with E-state index in [0.717, 1.165) is 25.3 Å². The molecule has 0 spiro atoms. The number of unbranched alkanes of at least 4 members (excludes halogenated alkanes) is 2. The van der Waals surface area contributed by atoms with Crippen molar-refractivity contribution in [3.8, 4) is 0 Å². The van der Waals surface area contributed by atoms with E-state index < -0.39 is 11.9 Å². The van der Waals surface area contributed by atoms with Crippen molar-refractivity contribution >= 4 is 11.9 Å². The SMILES string of the molecule is C=CC(=O)O.CCCCCC(=O)O. The van der Waals surface area contributed by atoms with Crippen molar-refractivity contribution in [2.75, 3.05) is 0 Å². The van der Waals surface area contributed by atoms with Gasteiger partial charge in [-0.15, -0.1) is 0 Å². The van der Waals surface area contributed by atoms with E-state index in [4.69, 9.17) is 10.2 Å². The molecule has 0 saturated heterocycles. The van der Waals surface area contributed by atoms with Crippen LogP contribution in [-0.4, -0.2) is 22.2 Å². The molecule has 0 aliphatic rings. The van der Waals surface area contributed by atoms with Gasteiger partial charge in [0.1, 0.15) is 0 Å². The van der Waals surface area contributed by atoms with Crippen molar-refractivity contribution in [3.63, 3.8) is 0 Å². The highest BCUT2D eigenvalue weighted by Gasteiger charge is 1.92. The fourth-order valence-electron chi connectivity index (χ4n) is 0.526. The first-order valence-electron chi connectivity index (χ1n) is 4.11.